The van der Waals surface area contributed by atoms with E-state index in [9.17, 15) is 9.59 Å². The highest BCUT2D eigenvalue weighted by Gasteiger charge is 2.33. The fourth-order valence-electron chi connectivity index (χ4n) is 3.43. The predicted molar refractivity (Wildman–Crippen MR) is 150 cm³/mol. The molecule has 10 heteroatoms. The number of hydrogen-bond donors (Lipinski definition) is 1. The first-order valence-corrected chi connectivity index (χ1v) is 12.7. The molecule has 0 spiro atoms. The molecule has 184 valence electrons. The Morgan fingerprint density at radius 3 is 2.56 bits per heavy atom. The van der Waals surface area contributed by atoms with Gasteiger partial charge in [0.1, 0.15) is 5.75 Å². The lowest BCUT2D eigenvalue weighted by Crippen LogP contribution is -2.27. The zero-order valence-corrected chi connectivity index (χ0v) is 22.5. The largest absolute Gasteiger partial charge is 0.495 e. The van der Waals surface area contributed by atoms with Gasteiger partial charge in [0.2, 0.25) is 0 Å². The molecule has 0 atom stereocenters. The molecule has 1 fully saturated rings. The second-order valence-electron chi connectivity index (χ2n) is 7.44. The highest BCUT2D eigenvalue weighted by molar-refractivity contribution is 9.10. The molecule has 0 bridgehead atoms. The van der Waals surface area contributed by atoms with E-state index in [0.717, 1.165) is 10.0 Å². The highest BCUT2D eigenvalue weighted by atomic mass is 79.9. The van der Waals surface area contributed by atoms with Gasteiger partial charge < -0.3 is 19.5 Å². The molecule has 7 nitrogen and oxygen atoms in total. The Balaban J connectivity index is 1.45. The minimum Gasteiger partial charge on any atom is -0.495 e. The lowest BCUT2D eigenvalue weighted by atomic mass is 10.2. The summed E-state index contributed by atoms with van der Waals surface area (Å²) in [5.74, 6) is 0.832. The fraction of sp³-hybridized carbons (Fsp3) is 0.115. The number of ether oxygens (including phenoxy) is 3. The number of carbonyl (C=O) groups excluding carboxylic acids is 2. The maximum absolute atomic E-state index is 13.1. The molecule has 0 saturated carbocycles. The van der Waals surface area contributed by atoms with Gasteiger partial charge in [0, 0.05) is 4.47 Å². The third-order valence-corrected chi connectivity index (χ3v) is 6.88. The molecule has 0 unspecified atom stereocenters. The molecule has 0 aromatic heterocycles. The third-order valence-electron chi connectivity index (χ3n) is 5.09. The summed E-state index contributed by atoms with van der Waals surface area (Å²) in [5, 5.41) is 2.76. The van der Waals surface area contributed by atoms with Crippen LogP contribution < -0.4 is 24.4 Å². The summed E-state index contributed by atoms with van der Waals surface area (Å²) in [7, 11) is 3.04. The molecule has 1 N–H and O–H groups in total. The molecule has 0 radical (unpaired) electrons. The summed E-state index contributed by atoms with van der Waals surface area (Å²) >= 11 is 10.1. The number of hydrogen-bond acceptors (Lipinski definition) is 7. The van der Waals surface area contributed by atoms with Gasteiger partial charge in [0.05, 0.1) is 30.5 Å². The lowest BCUT2D eigenvalue weighted by Gasteiger charge is -2.14. The van der Waals surface area contributed by atoms with Crippen molar-refractivity contribution >= 4 is 73.5 Å². The van der Waals surface area contributed by atoms with Crippen LogP contribution >= 0.6 is 39.9 Å². The Bertz CT molecular complexity index is 1360. The number of anilines is 2. The van der Waals surface area contributed by atoms with Crippen LogP contribution in [0.2, 0.25) is 0 Å². The molecule has 3 aromatic rings. The smallest absolute Gasteiger partial charge is 0.270 e. The number of nitrogens with one attached hydrogen (secondary N) is 1. The summed E-state index contributed by atoms with van der Waals surface area (Å²) in [5.41, 5.74) is 1.98. The summed E-state index contributed by atoms with van der Waals surface area (Å²) < 4.78 is 17.7. The van der Waals surface area contributed by atoms with Gasteiger partial charge >= 0.3 is 0 Å². The number of thioether (sulfide) groups is 1. The SMILES string of the molecule is COc1ccccc1NC(=O)COc1ccc(/C=C2\SC(=S)N(c3cccc(Br)c3)C2=O)cc1OC. The number of nitrogens with zero attached hydrogens (tertiary/aromatic N) is 1. The number of carbonyl (C=O) groups is 2. The number of halogens is 1. The first kappa shape index (κ1) is 25.7. The van der Waals surface area contributed by atoms with Crippen LogP contribution in [0.5, 0.6) is 17.2 Å². The van der Waals surface area contributed by atoms with E-state index in [1.807, 2.05) is 30.3 Å². The Labute approximate surface area is 226 Å². The van der Waals surface area contributed by atoms with E-state index >= 15 is 0 Å². The quantitative estimate of drug-likeness (QED) is 0.261. The van der Waals surface area contributed by atoms with Crippen molar-refractivity contribution in [3.8, 4) is 17.2 Å². The molecular weight excluding hydrogens is 564 g/mol. The Hall–Kier alpha value is -3.34. The number of para-hydroxylation sites is 2. The van der Waals surface area contributed by atoms with Crippen LogP contribution in [-0.4, -0.2) is 37.0 Å². The molecule has 1 aliphatic rings. The first-order chi connectivity index (χ1) is 17.4. The number of benzene rings is 3. The van der Waals surface area contributed by atoms with Gasteiger partial charge in [-0.15, -0.1) is 0 Å². The van der Waals surface area contributed by atoms with Crippen molar-refractivity contribution in [3.05, 3.63) is 81.7 Å². The minimum absolute atomic E-state index is 0.199. The monoisotopic (exact) mass is 584 g/mol. The van der Waals surface area contributed by atoms with Crippen LogP contribution in [0, 0.1) is 0 Å². The lowest BCUT2D eigenvalue weighted by molar-refractivity contribution is -0.118. The van der Waals surface area contributed by atoms with E-state index in [-0.39, 0.29) is 18.4 Å². The average Bonchev–Trinajstić information content (AvgIpc) is 3.15. The van der Waals surface area contributed by atoms with E-state index in [1.165, 1.54) is 30.9 Å². The van der Waals surface area contributed by atoms with E-state index < -0.39 is 0 Å². The normalized spacial score (nSPS) is 14.2. The Morgan fingerprint density at radius 1 is 1.03 bits per heavy atom. The van der Waals surface area contributed by atoms with Crippen LogP contribution in [-0.2, 0) is 9.59 Å². The summed E-state index contributed by atoms with van der Waals surface area (Å²) in [4.78, 5) is 27.4. The number of methoxy groups -OCH3 is 2. The van der Waals surface area contributed by atoms with Crippen molar-refractivity contribution in [1.82, 2.24) is 0 Å². The van der Waals surface area contributed by atoms with Crippen LogP contribution in [0.15, 0.2) is 76.1 Å². The van der Waals surface area contributed by atoms with Gasteiger partial charge in [-0.3, -0.25) is 14.5 Å². The molecule has 36 heavy (non-hydrogen) atoms. The zero-order valence-electron chi connectivity index (χ0n) is 19.3. The van der Waals surface area contributed by atoms with E-state index in [0.29, 0.717) is 37.8 Å². The topological polar surface area (TPSA) is 77.1 Å². The second-order valence-corrected chi connectivity index (χ2v) is 10.0. The maximum atomic E-state index is 13.1. The Morgan fingerprint density at radius 2 is 1.81 bits per heavy atom. The molecule has 1 aliphatic heterocycles. The van der Waals surface area contributed by atoms with Gasteiger partial charge in [0.15, 0.2) is 22.4 Å². The van der Waals surface area contributed by atoms with Gasteiger partial charge in [-0.2, -0.15) is 0 Å². The molecule has 1 saturated heterocycles. The van der Waals surface area contributed by atoms with Crippen LogP contribution in [0.25, 0.3) is 6.08 Å². The first-order valence-electron chi connectivity index (χ1n) is 10.7. The molecule has 0 aliphatic carbocycles. The van der Waals surface area contributed by atoms with Gasteiger partial charge in [-0.1, -0.05) is 64.2 Å². The van der Waals surface area contributed by atoms with Crippen LogP contribution in [0.4, 0.5) is 11.4 Å². The van der Waals surface area contributed by atoms with Gasteiger partial charge in [-0.25, -0.2) is 0 Å². The van der Waals surface area contributed by atoms with Crippen molar-refractivity contribution in [2.75, 3.05) is 31.0 Å². The number of amides is 2. The summed E-state index contributed by atoms with van der Waals surface area (Å²) in [6.07, 6.45) is 1.75. The Kier molecular flexibility index (Phi) is 8.29. The maximum Gasteiger partial charge on any atom is 0.270 e. The van der Waals surface area contributed by atoms with Crippen molar-refractivity contribution < 1.29 is 23.8 Å². The van der Waals surface area contributed by atoms with Crippen molar-refractivity contribution in [1.29, 1.82) is 0 Å². The van der Waals surface area contributed by atoms with E-state index in [1.54, 1.807) is 42.5 Å². The molecule has 4 rings (SSSR count). The van der Waals surface area contributed by atoms with Crippen LogP contribution in [0.3, 0.4) is 0 Å². The third kappa shape index (κ3) is 5.89. The van der Waals surface area contributed by atoms with E-state index in [4.69, 9.17) is 26.4 Å². The second kappa shape index (κ2) is 11.6. The summed E-state index contributed by atoms with van der Waals surface area (Å²) in [6.45, 7) is -0.223. The standard InChI is InChI=1S/C26H21BrN2O5S2/c1-32-20-9-4-3-8-19(20)28-24(30)15-34-21-11-10-16(12-22(21)33-2)13-23-25(31)29(26(35)36-23)18-7-5-6-17(27)14-18/h3-14H,15H2,1-2H3,(H,28,30)/b23-13-. The minimum atomic E-state index is -0.346. The van der Waals surface area contributed by atoms with E-state index in [2.05, 4.69) is 21.2 Å². The molecular formula is C26H21BrN2O5S2. The zero-order chi connectivity index (χ0) is 25.7. The molecule has 3 aromatic carbocycles. The van der Waals surface area contributed by atoms with Gasteiger partial charge in [0.25, 0.3) is 11.8 Å². The van der Waals surface area contributed by atoms with Crippen molar-refractivity contribution in [2.45, 2.75) is 0 Å². The highest BCUT2D eigenvalue weighted by Crippen LogP contribution is 2.38. The molecule has 2 amide bonds. The van der Waals surface area contributed by atoms with Gasteiger partial charge in [-0.05, 0) is 54.1 Å². The van der Waals surface area contributed by atoms with Crippen molar-refractivity contribution in [2.24, 2.45) is 0 Å². The number of rotatable bonds is 8. The average molecular weight is 586 g/mol. The van der Waals surface area contributed by atoms with Crippen molar-refractivity contribution in [3.63, 3.8) is 0 Å². The summed E-state index contributed by atoms with van der Waals surface area (Å²) in [6, 6.07) is 19.7. The fourth-order valence-corrected chi connectivity index (χ4v) is 5.11. The molecule has 1 heterocycles. The number of thiocarbonyl (C=S) groups is 1. The predicted octanol–water partition coefficient (Wildman–Crippen LogP) is 5.89. The van der Waals surface area contributed by atoms with Crippen LogP contribution in [0.1, 0.15) is 5.56 Å².